The third-order valence-electron chi connectivity index (χ3n) is 3.57. The van der Waals surface area contributed by atoms with Gasteiger partial charge in [-0.3, -0.25) is 9.59 Å². The van der Waals surface area contributed by atoms with E-state index in [1.807, 2.05) is 36.4 Å². The lowest BCUT2D eigenvalue weighted by Crippen LogP contribution is -2.43. The van der Waals surface area contributed by atoms with E-state index in [1.54, 1.807) is 38.1 Å². The molecule has 26 heavy (non-hydrogen) atoms. The topological polar surface area (TPSA) is 76.7 Å². The summed E-state index contributed by atoms with van der Waals surface area (Å²) in [5, 5.41) is 5.45. The third-order valence-corrected chi connectivity index (χ3v) is 3.57. The summed E-state index contributed by atoms with van der Waals surface area (Å²) in [5.41, 5.74) is 0. The standard InChI is InChI=1S/C20H24N2O4/c1-15(25-17-9-5-3-6-10-17)19(23)21-13-14-22-20(24)16(2)26-18-11-7-4-8-12-18/h3-12,15-16H,13-14H2,1-2H3,(H,21,23)(H,22,24)/t15-,16-/m1/s1. The summed E-state index contributed by atoms with van der Waals surface area (Å²) in [6.45, 7) is 3.98. The number of nitrogens with one attached hydrogen (secondary N) is 2. The minimum Gasteiger partial charge on any atom is -0.481 e. The van der Waals surface area contributed by atoms with Crippen LogP contribution in [0.25, 0.3) is 0 Å². The summed E-state index contributed by atoms with van der Waals surface area (Å²) in [6.07, 6.45) is -1.23. The van der Waals surface area contributed by atoms with Crippen molar-refractivity contribution < 1.29 is 19.1 Å². The van der Waals surface area contributed by atoms with Gasteiger partial charge in [-0.2, -0.15) is 0 Å². The number of benzene rings is 2. The maximum atomic E-state index is 12.0. The lowest BCUT2D eigenvalue weighted by molar-refractivity contribution is -0.129. The van der Waals surface area contributed by atoms with Crippen molar-refractivity contribution in [3.05, 3.63) is 60.7 Å². The quantitative estimate of drug-likeness (QED) is 0.675. The van der Waals surface area contributed by atoms with E-state index < -0.39 is 12.2 Å². The van der Waals surface area contributed by atoms with Gasteiger partial charge in [-0.05, 0) is 38.1 Å². The van der Waals surface area contributed by atoms with Gasteiger partial charge < -0.3 is 20.1 Å². The summed E-state index contributed by atoms with van der Waals surface area (Å²) < 4.78 is 11.1. The summed E-state index contributed by atoms with van der Waals surface area (Å²) in [5.74, 6) is 0.791. The molecule has 0 aliphatic heterocycles. The van der Waals surface area contributed by atoms with E-state index in [9.17, 15) is 9.59 Å². The number of rotatable bonds is 9. The van der Waals surface area contributed by atoms with Gasteiger partial charge in [-0.1, -0.05) is 36.4 Å². The summed E-state index contributed by atoms with van der Waals surface area (Å²) >= 11 is 0. The van der Waals surface area contributed by atoms with Gasteiger partial charge in [-0.25, -0.2) is 0 Å². The smallest absolute Gasteiger partial charge is 0.260 e. The molecular formula is C20H24N2O4. The van der Waals surface area contributed by atoms with Gasteiger partial charge >= 0.3 is 0 Å². The van der Waals surface area contributed by atoms with Crippen LogP contribution in [0.3, 0.4) is 0 Å². The molecule has 2 atom stereocenters. The molecule has 0 heterocycles. The first-order chi connectivity index (χ1) is 12.6. The Morgan fingerprint density at radius 2 is 1.08 bits per heavy atom. The first-order valence-electron chi connectivity index (χ1n) is 8.55. The second-order valence-electron chi connectivity index (χ2n) is 5.73. The Labute approximate surface area is 153 Å². The highest BCUT2D eigenvalue weighted by Crippen LogP contribution is 2.11. The SMILES string of the molecule is C[C@@H](Oc1ccccc1)C(=O)NCCNC(=O)[C@@H](C)Oc1ccccc1. The van der Waals surface area contributed by atoms with Crippen LogP contribution >= 0.6 is 0 Å². The van der Waals surface area contributed by atoms with Gasteiger partial charge in [0.25, 0.3) is 11.8 Å². The number of hydrogen-bond acceptors (Lipinski definition) is 4. The minimum atomic E-state index is -0.617. The van der Waals surface area contributed by atoms with E-state index in [0.717, 1.165) is 0 Å². The van der Waals surface area contributed by atoms with E-state index in [0.29, 0.717) is 24.6 Å². The number of hydrogen-bond donors (Lipinski definition) is 2. The van der Waals surface area contributed by atoms with Crippen molar-refractivity contribution in [2.24, 2.45) is 0 Å². The van der Waals surface area contributed by atoms with Crippen molar-refractivity contribution in [1.82, 2.24) is 10.6 Å². The van der Waals surface area contributed by atoms with E-state index in [1.165, 1.54) is 0 Å². The Bertz CT molecular complexity index is 630. The molecule has 0 bridgehead atoms. The fourth-order valence-corrected chi connectivity index (χ4v) is 2.17. The zero-order valence-electron chi connectivity index (χ0n) is 15.0. The van der Waals surface area contributed by atoms with Crippen molar-refractivity contribution in [2.45, 2.75) is 26.1 Å². The van der Waals surface area contributed by atoms with Crippen molar-refractivity contribution in [2.75, 3.05) is 13.1 Å². The monoisotopic (exact) mass is 356 g/mol. The molecule has 0 aromatic heterocycles. The molecule has 6 heteroatoms. The molecule has 2 N–H and O–H groups in total. The highest BCUT2D eigenvalue weighted by atomic mass is 16.5. The van der Waals surface area contributed by atoms with Gasteiger partial charge in [-0.15, -0.1) is 0 Å². The van der Waals surface area contributed by atoms with Crippen LogP contribution in [-0.2, 0) is 9.59 Å². The van der Waals surface area contributed by atoms with Crippen LogP contribution in [0.5, 0.6) is 11.5 Å². The number of carbonyl (C=O) groups is 2. The molecule has 0 aliphatic carbocycles. The predicted molar refractivity (Wildman–Crippen MR) is 99.1 cm³/mol. The van der Waals surface area contributed by atoms with Gasteiger partial charge in [0.1, 0.15) is 11.5 Å². The van der Waals surface area contributed by atoms with Crippen LogP contribution in [-0.4, -0.2) is 37.1 Å². The minimum absolute atomic E-state index is 0.239. The van der Waals surface area contributed by atoms with Gasteiger partial charge in [0.15, 0.2) is 12.2 Å². The van der Waals surface area contributed by atoms with Crippen molar-refractivity contribution in [3.8, 4) is 11.5 Å². The Kier molecular flexibility index (Phi) is 7.49. The molecule has 0 spiro atoms. The molecule has 138 valence electrons. The van der Waals surface area contributed by atoms with Gasteiger partial charge in [0.05, 0.1) is 0 Å². The molecule has 0 saturated heterocycles. The Morgan fingerprint density at radius 1 is 0.731 bits per heavy atom. The van der Waals surface area contributed by atoms with Crippen molar-refractivity contribution >= 4 is 11.8 Å². The molecule has 0 saturated carbocycles. The number of carbonyl (C=O) groups excluding carboxylic acids is 2. The fraction of sp³-hybridized carbons (Fsp3) is 0.300. The molecule has 2 amide bonds. The van der Waals surface area contributed by atoms with E-state index in [2.05, 4.69) is 10.6 Å². The maximum absolute atomic E-state index is 12.0. The Balaban J connectivity index is 1.64. The maximum Gasteiger partial charge on any atom is 0.260 e. The normalized spacial score (nSPS) is 12.5. The molecule has 2 aromatic carbocycles. The molecule has 2 aromatic rings. The number of para-hydroxylation sites is 2. The van der Waals surface area contributed by atoms with Crippen LogP contribution in [0.4, 0.5) is 0 Å². The van der Waals surface area contributed by atoms with Gasteiger partial charge in [0, 0.05) is 13.1 Å². The summed E-state index contributed by atoms with van der Waals surface area (Å²) in [7, 11) is 0. The van der Waals surface area contributed by atoms with Crippen LogP contribution in [0.1, 0.15) is 13.8 Å². The van der Waals surface area contributed by atoms with Crippen LogP contribution < -0.4 is 20.1 Å². The molecule has 0 radical (unpaired) electrons. The highest BCUT2D eigenvalue weighted by molar-refractivity contribution is 5.81. The molecule has 6 nitrogen and oxygen atoms in total. The largest absolute Gasteiger partial charge is 0.481 e. The second kappa shape index (κ2) is 10.1. The average molecular weight is 356 g/mol. The van der Waals surface area contributed by atoms with E-state index in [4.69, 9.17) is 9.47 Å². The zero-order valence-corrected chi connectivity index (χ0v) is 15.0. The molecule has 0 aliphatic rings. The lowest BCUT2D eigenvalue weighted by Gasteiger charge is -2.16. The van der Waals surface area contributed by atoms with Crippen molar-refractivity contribution in [3.63, 3.8) is 0 Å². The summed E-state index contributed by atoms with van der Waals surface area (Å²) in [6, 6.07) is 18.3. The average Bonchev–Trinajstić information content (AvgIpc) is 2.66. The second-order valence-corrected chi connectivity index (χ2v) is 5.73. The lowest BCUT2D eigenvalue weighted by atomic mass is 10.3. The Hall–Kier alpha value is -3.02. The molecule has 2 rings (SSSR count). The Morgan fingerprint density at radius 3 is 1.42 bits per heavy atom. The van der Waals surface area contributed by atoms with Crippen LogP contribution in [0, 0.1) is 0 Å². The van der Waals surface area contributed by atoms with Crippen LogP contribution in [0.15, 0.2) is 60.7 Å². The third kappa shape index (κ3) is 6.47. The fourth-order valence-electron chi connectivity index (χ4n) is 2.17. The number of ether oxygens (including phenoxy) is 2. The summed E-state index contributed by atoms with van der Waals surface area (Å²) in [4.78, 5) is 24.0. The van der Waals surface area contributed by atoms with Crippen LogP contribution in [0.2, 0.25) is 0 Å². The van der Waals surface area contributed by atoms with Crippen molar-refractivity contribution in [1.29, 1.82) is 0 Å². The first kappa shape index (κ1) is 19.3. The molecular weight excluding hydrogens is 332 g/mol. The first-order valence-corrected chi connectivity index (χ1v) is 8.55. The zero-order chi connectivity index (χ0) is 18.8. The molecule has 0 unspecified atom stereocenters. The predicted octanol–water partition coefficient (Wildman–Crippen LogP) is 2.15. The van der Waals surface area contributed by atoms with E-state index in [-0.39, 0.29) is 11.8 Å². The molecule has 0 fully saturated rings. The number of amides is 2. The highest BCUT2D eigenvalue weighted by Gasteiger charge is 2.16. The van der Waals surface area contributed by atoms with E-state index >= 15 is 0 Å². The van der Waals surface area contributed by atoms with Gasteiger partial charge in [0.2, 0.25) is 0 Å².